The highest BCUT2D eigenvalue weighted by atomic mass is 16.6. The Morgan fingerprint density at radius 3 is 1.69 bits per heavy atom. The Balaban J connectivity index is 2.14. The van der Waals surface area contributed by atoms with Crippen molar-refractivity contribution in [3.63, 3.8) is 0 Å². The summed E-state index contributed by atoms with van der Waals surface area (Å²) in [6, 6.07) is 3.65. The van der Waals surface area contributed by atoms with Gasteiger partial charge in [0.1, 0.15) is 0 Å². The van der Waals surface area contributed by atoms with Crippen molar-refractivity contribution in [1.29, 1.82) is 0 Å². The fourth-order valence-corrected chi connectivity index (χ4v) is 4.43. The lowest BCUT2D eigenvalue weighted by molar-refractivity contribution is -0.384. The number of nitrogens with zero attached hydrogens (tertiary/aromatic N) is 4. The monoisotopic (exact) mass is 553 g/mol. The van der Waals surface area contributed by atoms with Gasteiger partial charge in [-0.1, -0.05) is 12.1 Å². The Labute approximate surface area is 224 Å². The van der Waals surface area contributed by atoms with Gasteiger partial charge < -0.3 is 20.4 Å². The number of nitro benzene ring substituents is 1. The Morgan fingerprint density at radius 1 is 0.821 bits per heavy atom. The minimum atomic E-state index is -1.83. The molecule has 1 aliphatic heterocycles. The van der Waals surface area contributed by atoms with Crippen LogP contribution in [-0.2, 0) is 25.6 Å². The second-order valence-electron chi connectivity index (χ2n) is 9.43. The van der Waals surface area contributed by atoms with E-state index < -0.39 is 40.9 Å². The third kappa shape index (κ3) is 11.7. The lowest BCUT2D eigenvalue weighted by Gasteiger charge is -2.30. The van der Waals surface area contributed by atoms with Gasteiger partial charge in [0.05, 0.1) is 18.0 Å². The molecule has 1 heterocycles. The van der Waals surface area contributed by atoms with Crippen LogP contribution in [0.15, 0.2) is 24.3 Å². The number of aryl methyl sites for hydroxylation is 1. The zero-order valence-electron chi connectivity index (χ0n) is 21.5. The molecule has 0 bridgehead atoms. The van der Waals surface area contributed by atoms with Gasteiger partial charge in [0.2, 0.25) is 6.04 Å². The molecule has 5 N–H and O–H groups in total. The number of carboxylic acids is 4. The summed E-state index contributed by atoms with van der Waals surface area (Å²) in [5.41, 5.74) is 0.801. The van der Waals surface area contributed by atoms with Crippen LogP contribution < -0.4 is 5.32 Å². The van der Waals surface area contributed by atoms with Crippen LogP contribution in [0.4, 0.5) is 5.69 Å². The molecule has 0 aliphatic carbocycles. The molecule has 0 aromatic heterocycles. The maximum Gasteiger partial charge on any atom is 0.332 e. The zero-order valence-corrected chi connectivity index (χ0v) is 21.5. The van der Waals surface area contributed by atoms with Crippen LogP contribution >= 0.6 is 0 Å². The number of nitrogens with one attached hydrogen (secondary N) is 1. The fraction of sp³-hybridized carbons (Fsp3) is 0.583. The summed E-state index contributed by atoms with van der Waals surface area (Å²) >= 11 is 0. The van der Waals surface area contributed by atoms with E-state index in [0.717, 1.165) is 5.56 Å². The standard InChI is InChI=1S/C24H35N5O10/c30-20(31)15-27-10-8-26(9-11-28(13-12-27)16-21(32)33)14-18(25-22(23(34)35)24(36)37)3-1-2-17-4-6-19(7-5-17)29(38)39/h4-7,18,22,25H,1-3,8-16H2,(H,30,31)(H,32,33)(H,34,35)(H,36,37). The molecule has 15 nitrogen and oxygen atoms in total. The van der Waals surface area contributed by atoms with E-state index in [0.29, 0.717) is 58.5 Å². The van der Waals surface area contributed by atoms with Gasteiger partial charge in [-0.25, -0.2) is 9.59 Å². The number of benzene rings is 1. The van der Waals surface area contributed by atoms with Gasteiger partial charge >= 0.3 is 23.9 Å². The van der Waals surface area contributed by atoms with Crippen LogP contribution in [0.25, 0.3) is 0 Å². The highest BCUT2D eigenvalue weighted by Gasteiger charge is 2.29. The largest absolute Gasteiger partial charge is 0.480 e. The summed E-state index contributed by atoms with van der Waals surface area (Å²) in [6.07, 6.45) is 1.45. The first-order valence-corrected chi connectivity index (χ1v) is 12.5. The highest BCUT2D eigenvalue weighted by molar-refractivity contribution is 5.97. The zero-order chi connectivity index (χ0) is 28.9. The SMILES string of the molecule is O=C(O)CN1CCN(CC(=O)O)CCN(CC(CCCc2ccc([N+](=O)[O-])cc2)NC(C(=O)O)C(=O)O)CC1. The summed E-state index contributed by atoms with van der Waals surface area (Å²) in [5, 5.41) is 50.8. The van der Waals surface area contributed by atoms with Crippen LogP contribution in [0.3, 0.4) is 0 Å². The molecule has 1 fully saturated rings. The van der Waals surface area contributed by atoms with Crippen LogP contribution in [0.2, 0.25) is 0 Å². The number of hydrogen-bond donors (Lipinski definition) is 5. The molecule has 0 saturated carbocycles. The van der Waals surface area contributed by atoms with Gasteiger partial charge in [-0.05, 0) is 24.8 Å². The molecule has 0 spiro atoms. The molecule has 216 valence electrons. The lowest BCUT2D eigenvalue weighted by atomic mass is 10.0. The summed E-state index contributed by atoms with van der Waals surface area (Å²) in [4.78, 5) is 61.4. The van der Waals surface area contributed by atoms with Crippen LogP contribution in [0.1, 0.15) is 18.4 Å². The minimum absolute atomic E-state index is 0.0362. The maximum absolute atomic E-state index is 11.6. The predicted octanol–water partition coefficient (Wildman–Crippen LogP) is -0.498. The molecule has 15 heteroatoms. The summed E-state index contributed by atoms with van der Waals surface area (Å²) in [5.74, 6) is -5.09. The van der Waals surface area contributed by atoms with E-state index in [1.807, 2.05) is 4.90 Å². The van der Waals surface area contributed by atoms with E-state index in [9.17, 15) is 49.7 Å². The molecule has 0 radical (unpaired) electrons. The van der Waals surface area contributed by atoms with E-state index in [1.165, 1.54) is 12.1 Å². The normalized spacial score (nSPS) is 16.6. The smallest absolute Gasteiger partial charge is 0.332 e. The first-order chi connectivity index (χ1) is 18.4. The average Bonchev–Trinajstić information content (AvgIpc) is 2.93. The van der Waals surface area contributed by atoms with E-state index in [1.54, 1.807) is 21.9 Å². The number of aliphatic carboxylic acids is 4. The van der Waals surface area contributed by atoms with Gasteiger partial charge in [-0.2, -0.15) is 0 Å². The van der Waals surface area contributed by atoms with E-state index in [2.05, 4.69) is 5.32 Å². The quantitative estimate of drug-likeness (QED) is 0.105. The Morgan fingerprint density at radius 2 is 1.28 bits per heavy atom. The van der Waals surface area contributed by atoms with Gasteiger partial charge in [-0.15, -0.1) is 0 Å². The van der Waals surface area contributed by atoms with E-state index in [-0.39, 0.29) is 25.3 Å². The summed E-state index contributed by atoms with van der Waals surface area (Å²) in [7, 11) is 0. The second kappa shape index (κ2) is 15.7. The highest BCUT2D eigenvalue weighted by Crippen LogP contribution is 2.15. The van der Waals surface area contributed by atoms with Crippen molar-refractivity contribution in [3.8, 4) is 0 Å². The maximum atomic E-state index is 11.6. The van der Waals surface area contributed by atoms with Crippen molar-refractivity contribution in [2.45, 2.75) is 31.3 Å². The van der Waals surface area contributed by atoms with Crippen molar-refractivity contribution in [1.82, 2.24) is 20.0 Å². The Hall–Kier alpha value is -3.66. The third-order valence-electron chi connectivity index (χ3n) is 6.46. The first-order valence-electron chi connectivity index (χ1n) is 12.5. The fourth-order valence-electron chi connectivity index (χ4n) is 4.43. The lowest BCUT2D eigenvalue weighted by Crippen LogP contribution is -2.53. The second-order valence-corrected chi connectivity index (χ2v) is 9.43. The van der Waals surface area contributed by atoms with Gasteiger partial charge in [0, 0.05) is 64.0 Å². The number of carbonyl (C=O) groups is 4. The van der Waals surface area contributed by atoms with E-state index in [4.69, 9.17) is 0 Å². The van der Waals surface area contributed by atoms with Crippen LogP contribution in [0.5, 0.6) is 0 Å². The third-order valence-corrected chi connectivity index (χ3v) is 6.46. The van der Waals surface area contributed by atoms with Crippen molar-refractivity contribution < 1.29 is 44.5 Å². The van der Waals surface area contributed by atoms with Crippen molar-refractivity contribution in [3.05, 3.63) is 39.9 Å². The topological polar surface area (TPSA) is 214 Å². The van der Waals surface area contributed by atoms with Crippen molar-refractivity contribution in [2.75, 3.05) is 58.9 Å². The summed E-state index contributed by atoms with van der Waals surface area (Å²) < 4.78 is 0. The molecule has 1 aromatic rings. The molecule has 1 atom stereocenters. The first kappa shape index (κ1) is 31.6. The van der Waals surface area contributed by atoms with Crippen molar-refractivity contribution >= 4 is 29.6 Å². The van der Waals surface area contributed by atoms with Gasteiger partial charge in [-0.3, -0.25) is 39.7 Å². The molecule has 39 heavy (non-hydrogen) atoms. The number of nitro groups is 1. The molecule has 1 unspecified atom stereocenters. The van der Waals surface area contributed by atoms with Gasteiger partial charge in [0.15, 0.2) is 0 Å². The van der Waals surface area contributed by atoms with Crippen molar-refractivity contribution in [2.24, 2.45) is 0 Å². The number of carboxylic acid groups (broad SMARTS) is 4. The van der Waals surface area contributed by atoms with Crippen LogP contribution in [0, 0.1) is 10.1 Å². The molecule has 2 rings (SSSR count). The molecule has 0 amide bonds. The molecular weight excluding hydrogens is 518 g/mol. The summed E-state index contributed by atoms with van der Waals surface area (Å²) in [6.45, 7) is 2.14. The number of rotatable bonds is 15. The van der Waals surface area contributed by atoms with Crippen LogP contribution in [-0.4, -0.2) is 135 Å². The predicted molar refractivity (Wildman–Crippen MR) is 137 cm³/mol. The Kier molecular flexibility index (Phi) is 12.7. The van der Waals surface area contributed by atoms with Gasteiger partial charge in [0.25, 0.3) is 5.69 Å². The number of non-ortho nitro benzene ring substituents is 1. The molecule has 1 saturated heterocycles. The Bertz CT molecular complexity index is 964. The number of hydrogen-bond acceptors (Lipinski definition) is 10. The molecular formula is C24H35N5O10. The minimum Gasteiger partial charge on any atom is -0.480 e. The molecule has 1 aromatic carbocycles. The molecule has 1 aliphatic rings. The van der Waals surface area contributed by atoms with E-state index >= 15 is 0 Å². The average molecular weight is 554 g/mol.